The fourth-order valence-electron chi connectivity index (χ4n) is 1.95. The number of hydrogen-bond donors (Lipinski definition) is 2. The van der Waals surface area contributed by atoms with Crippen molar-refractivity contribution in [3.8, 4) is 0 Å². The Morgan fingerprint density at radius 2 is 2.14 bits per heavy atom. The summed E-state index contributed by atoms with van der Waals surface area (Å²) in [6.45, 7) is 0. The van der Waals surface area contributed by atoms with Gasteiger partial charge in [0.25, 0.3) is 0 Å². The minimum absolute atomic E-state index is 0.00553. The van der Waals surface area contributed by atoms with Gasteiger partial charge in [0.1, 0.15) is 0 Å². The standard InChI is InChI=1S/C12H13BrF3N5/c1-21-6-8(19-20-21)5-11(18-17)7-2-3-10(13)9(4-7)12(14,15)16/h2-4,6,11,18H,5,17H2,1H3. The summed E-state index contributed by atoms with van der Waals surface area (Å²) in [5, 5.41) is 7.68. The van der Waals surface area contributed by atoms with Gasteiger partial charge in [0.05, 0.1) is 17.3 Å². The van der Waals surface area contributed by atoms with E-state index in [1.165, 1.54) is 10.7 Å². The number of aryl methyl sites for hydroxylation is 1. The van der Waals surface area contributed by atoms with Crippen LogP contribution in [0.15, 0.2) is 28.9 Å². The minimum Gasteiger partial charge on any atom is -0.271 e. The molecule has 0 saturated carbocycles. The van der Waals surface area contributed by atoms with Gasteiger partial charge in [-0.15, -0.1) is 5.10 Å². The van der Waals surface area contributed by atoms with E-state index in [-0.39, 0.29) is 4.47 Å². The molecule has 9 heteroatoms. The highest BCUT2D eigenvalue weighted by Gasteiger charge is 2.33. The van der Waals surface area contributed by atoms with Gasteiger partial charge in [-0.1, -0.05) is 27.2 Å². The first-order chi connectivity index (χ1) is 9.81. The van der Waals surface area contributed by atoms with E-state index in [9.17, 15) is 13.2 Å². The van der Waals surface area contributed by atoms with Crippen LogP contribution in [-0.4, -0.2) is 15.0 Å². The van der Waals surface area contributed by atoms with E-state index >= 15 is 0 Å². The molecule has 2 rings (SSSR count). The van der Waals surface area contributed by atoms with E-state index in [1.54, 1.807) is 19.3 Å². The van der Waals surface area contributed by atoms with Gasteiger partial charge in [-0.25, -0.2) is 0 Å². The molecule has 0 radical (unpaired) electrons. The van der Waals surface area contributed by atoms with Gasteiger partial charge in [0.2, 0.25) is 0 Å². The van der Waals surface area contributed by atoms with E-state index < -0.39 is 17.8 Å². The maximum atomic E-state index is 12.9. The van der Waals surface area contributed by atoms with E-state index in [2.05, 4.69) is 31.7 Å². The molecular weight excluding hydrogens is 351 g/mol. The zero-order valence-corrected chi connectivity index (χ0v) is 12.6. The second-order valence-corrected chi connectivity index (χ2v) is 5.40. The monoisotopic (exact) mass is 363 g/mol. The highest BCUT2D eigenvalue weighted by molar-refractivity contribution is 9.10. The number of hydrogen-bond acceptors (Lipinski definition) is 4. The Morgan fingerprint density at radius 3 is 2.67 bits per heavy atom. The van der Waals surface area contributed by atoms with Gasteiger partial charge < -0.3 is 0 Å². The van der Waals surface area contributed by atoms with Gasteiger partial charge >= 0.3 is 6.18 Å². The van der Waals surface area contributed by atoms with E-state index in [1.807, 2.05) is 0 Å². The summed E-state index contributed by atoms with van der Waals surface area (Å²) in [6, 6.07) is 3.53. The molecule has 2 aromatic rings. The van der Waals surface area contributed by atoms with Crippen LogP contribution in [0.5, 0.6) is 0 Å². The van der Waals surface area contributed by atoms with E-state index in [4.69, 9.17) is 5.84 Å². The first-order valence-electron chi connectivity index (χ1n) is 5.99. The molecule has 21 heavy (non-hydrogen) atoms. The number of aromatic nitrogens is 3. The molecule has 1 atom stereocenters. The number of hydrazine groups is 1. The Kier molecular flexibility index (Phi) is 4.64. The summed E-state index contributed by atoms with van der Waals surface area (Å²) in [7, 11) is 1.71. The van der Waals surface area contributed by atoms with Crippen molar-refractivity contribution in [3.05, 3.63) is 45.7 Å². The molecule has 0 bridgehead atoms. The first kappa shape index (κ1) is 15.9. The minimum atomic E-state index is -4.43. The fraction of sp³-hybridized carbons (Fsp3) is 0.333. The third kappa shape index (κ3) is 3.80. The fourth-order valence-corrected chi connectivity index (χ4v) is 2.42. The van der Waals surface area contributed by atoms with Gasteiger partial charge in [0, 0.05) is 24.1 Å². The van der Waals surface area contributed by atoms with Crippen molar-refractivity contribution in [2.75, 3.05) is 0 Å². The summed E-state index contributed by atoms with van der Waals surface area (Å²) < 4.78 is 40.3. The van der Waals surface area contributed by atoms with Crippen LogP contribution in [0.2, 0.25) is 0 Å². The topological polar surface area (TPSA) is 68.8 Å². The number of rotatable bonds is 4. The maximum absolute atomic E-state index is 12.9. The van der Waals surface area contributed by atoms with Crippen molar-refractivity contribution in [2.45, 2.75) is 18.6 Å². The molecular formula is C12H13BrF3N5. The molecule has 0 aliphatic rings. The molecule has 0 aliphatic heterocycles. The van der Waals surface area contributed by atoms with Gasteiger partial charge in [-0.3, -0.25) is 16.0 Å². The normalized spacial score (nSPS) is 13.4. The molecule has 5 nitrogen and oxygen atoms in total. The van der Waals surface area contributed by atoms with Crippen LogP contribution >= 0.6 is 15.9 Å². The molecule has 114 valence electrons. The lowest BCUT2D eigenvalue weighted by atomic mass is 10.0. The molecule has 1 aromatic carbocycles. The molecule has 1 unspecified atom stereocenters. The molecule has 3 N–H and O–H groups in total. The van der Waals surface area contributed by atoms with Crippen LogP contribution < -0.4 is 11.3 Å². The number of halogens is 4. The van der Waals surface area contributed by atoms with Crippen LogP contribution in [0, 0.1) is 0 Å². The zero-order chi connectivity index (χ0) is 15.6. The molecule has 1 heterocycles. The van der Waals surface area contributed by atoms with Crippen LogP contribution in [0.4, 0.5) is 13.2 Å². The Hall–Kier alpha value is -1.45. The molecule has 1 aromatic heterocycles. The average Bonchev–Trinajstić information content (AvgIpc) is 2.81. The van der Waals surface area contributed by atoms with Gasteiger partial charge in [-0.2, -0.15) is 13.2 Å². The molecule has 0 spiro atoms. The lowest BCUT2D eigenvalue weighted by molar-refractivity contribution is -0.138. The Bertz CT molecular complexity index is 626. The van der Waals surface area contributed by atoms with Crippen LogP contribution in [0.25, 0.3) is 0 Å². The second kappa shape index (κ2) is 6.12. The summed E-state index contributed by atoms with van der Waals surface area (Å²) in [5.41, 5.74) is 2.84. The summed E-state index contributed by atoms with van der Waals surface area (Å²) >= 11 is 2.91. The summed E-state index contributed by atoms with van der Waals surface area (Å²) in [5.74, 6) is 5.46. The van der Waals surface area contributed by atoms with Crippen LogP contribution in [0.1, 0.15) is 22.9 Å². The smallest absolute Gasteiger partial charge is 0.271 e. The number of nitrogens with two attached hydrogens (primary N) is 1. The predicted molar refractivity (Wildman–Crippen MR) is 73.9 cm³/mol. The Labute approximate surface area is 127 Å². The Balaban J connectivity index is 2.30. The van der Waals surface area contributed by atoms with E-state index in [0.717, 1.165) is 6.07 Å². The van der Waals surface area contributed by atoms with Crippen molar-refractivity contribution < 1.29 is 13.2 Å². The largest absolute Gasteiger partial charge is 0.417 e. The molecule has 0 amide bonds. The highest BCUT2D eigenvalue weighted by Crippen LogP contribution is 2.36. The molecule has 0 aliphatic carbocycles. The lowest BCUT2D eigenvalue weighted by Crippen LogP contribution is -2.30. The van der Waals surface area contributed by atoms with Crippen molar-refractivity contribution >= 4 is 15.9 Å². The maximum Gasteiger partial charge on any atom is 0.417 e. The summed E-state index contributed by atoms with van der Waals surface area (Å²) in [6.07, 6.45) is -2.41. The van der Waals surface area contributed by atoms with Crippen LogP contribution in [-0.2, 0) is 19.6 Å². The van der Waals surface area contributed by atoms with Crippen molar-refractivity contribution in [1.82, 2.24) is 20.4 Å². The number of benzene rings is 1. The van der Waals surface area contributed by atoms with Crippen LogP contribution in [0.3, 0.4) is 0 Å². The quantitative estimate of drug-likeness (QED) is 0.646. The average molecular weight is 364 g/mol. The lowest BCUT2D eigenvalue weighted by Gasteiger charge is -2.17. The number of nitrogens with one attached hydrogen (secondary N) is 1. The molecule has 0 saturated heterocycles. The third-order valence-corrected chi connectivity index (χ3v) is 3.65. The summed E-state index contributed by atoms with van der Waals surface area (Å²) in [4.78, 5) is 0. The Morgan fingerprint density at radius 1 is 1.43 bits per heavy atom. The van der Waals surface area contributed by atoms with E-state index in [0.29, 0.717) is 17.7 Å². The molecule has 0 fully saturated rings. The second-order valence-electron chi connectivity index (χ2n) is 4.54. The highest BCUT2D eigenvalue weighted by atomic mass is 79.9. The first-order valence-corrected chi connectivity index (χ1v) is 6.78. The predicted octanol–water partition coefficient (Wildman–Crippen LogP) is 2.34. The van der Waals surface area contributed by atoms with Crippen molar-refractivity contribution in [3.63, 3.8) is 0 Å². The van der Waals surface area contributed by atoms with Gasteiger partial charge in [-0.05, 0) is 17.7 Å². The SMILES string of the molecule is Cn1cc(CC(NN)c2ccc(Br)c(C(F)(F)F)c2)nn1. The van der Waals surface area contributed by atoms with Crippen molar-refractivity contribution in [2.24, 2.45) is 12.9 Å². The van der Waals surface area contributed by atoms with Crippen molar-refractivity contribution in [1.29, 1.82) is 0 Å². The number of nitrogens with zero attached hydrogens (tertiary/aromatic N) is 3. The number of alkyl halides is 3. The zero-order valence-electron chi connectivity index (χ0n) is 11.0. The third-order valence-electron chi connectivity index (χ3n) is 2.96. The van der Waals surface area contributed by atoms with Gasteiger partial charge in [0.15, 0.2) is 0 Å².